The van der Waals surface area contributed by atoms with Crippen LogP contribution in [-0.2, 0) is 4.74 Å². The maximum atomic E-state index is 12.7. The number of amides is 1. The van der Waals surface area contributed by atoms with Crippen LogP contribution in [0.3, 0.4) is 0 Å². The quantitative estimate of drug-likeness (QED) is 0.797. The number of fused-ring (bicyclic) bond motifs is 1. The Morgan fingerprint density at radius 3 is 2.91 bits per heavy atom. The number of aromatic nitrogens is 2. The van der Waals surface area contributed by atoms with Crippen LogP contribution in [0, 0.1) is 0 Å². The highest BCUT2D eigenvalue weighted by Crippen LogP contribution is 2.21. The van der Waals surface area contributed by atoms with Gasteiger partial charge in [0.2, 0.25) is 0 Å². The summed E-state index contributed by atoms with van der Waals surface area (Å²) in [6, 6.07) is 5.27. The van der Waals surface area contributed by atoms with Crippen LogP contribution in [0.5, 0.6) is 0 Å². The van der Waals surface area contributed by atoms with E-state index in [1.165, 1.54) is 10.6 Å². The van der Waals surface area contributed by atoms with Crippen LogP contribution < -0.4 is 5.56 Å². The molecule has 3 rings (SSSR count). The molecular formula is C16H19N3O3. The molecule has 0 saturated carbocycles. The summed E-state index contributed by atoms with van der Waals surface area (Å²) in [6.45, 7) is 6.72. The fraction of sp³-hybridized carbons (Fsp3) is 0.438. The van der Waals surface area contributed by atoms with Crippen molar-refractivity contribution in [3.8, 4) is 0 Å². The van der Waals surface area contributed by atoms with E-state index < -0.39 is 5.60 Å². The Hall–Kier alpha value is -2.21. The van der Waals surface area contributed by atoms with E-state index in [2.05, 4.69) is 4.98 Å². The fourth-order valence-corrected chi connectivity index (χ4v) is 2.95. The molecule has 1 saturated heterocycles. The third kappa shape index (κ3) is 2.62. The van der Waals surface area contributed by atoms with Gasteiger partial charge in [0.15, 0.2) is 0 Å². The van der Waals surface area contributed by atoms with Gasteiger partial charge in [0, 0.05) is 25.5 Å². The molecule has 6 nitrogen and oxygen atoms in total. The molecule has 1 atom stereocenters. The Morgan fingerprint density at radius 1 is 1.41 bits per heavy atom. The summed E-state index contributed by atoms with van der Waals surface area (Å²) in [5.74, 6) is -0.293. The summed E-state index contributed by atoms with van der Waals surface area (Å²) in [6.07, 6.45) is 2.92. The lowest BCUT2D eigenvalue weighted by molar-refractivity contribution is -0.118. The molecule has 0 aromatic carbocycles. The van der Waals surface area contributed by atoms with E-state index in [9.17, 15) is 9.59 Å². The second-order valence-electron chi connectivity index (χ2n) is 6.28. The van der Waals surface area contributed by atoms with Crippen LogP contribution >= 0.6 is 0 Å². The molecule has 3 heterocycles. The molecule has 1 aliphatic heterocycles. The van der Waals surface area contributed by atoms with Crippen LogP contribution in [-0.4, -0.2) is 45.0 Å². The number of carbonyl (C=O) groups is 1. The van der Waals surface area contributed by atoms with Gasteiger partial charge in [0.05, 0.1) is 11.7 Å². The highest BCUT2D eigenvalue weighted by atomic mass is 16.5. The molecule has 0 N–H and O–H groups in total. The lowest BCUT2D eigenvalue weighted by Gasteiger charge is -2.41. The summed E-state index contributed by atoms with van der Waals surface area (Å²) in [7, 11) is 0. The number of morpholine rings is 1. The van der Waals surface area contributed by atoms with E-state index >= 15 is 0 Å². The molecule has 1 aliphatic rings. The van der Waals surface area contributed by atoms with Crippen molar-refractivity contribution in [1.82, 2.24) is 14.3 Å². The zero-order valence-electron chi connectivity index (χ0n) is 12.9. The molecular weight excluding hydrogens is 282 g/mol. The number of ether oxygens (including phenoxy) is 1. The van der Waals surface area contributed by atoms with Crippen molar-refractivity contribution in [2.24, 2.45) is 0 Å². The Morgan fingerprint density at radius 2 is 2.18 bits per heavy atom. The predicted molar refractivity (Wildman–Crippen MR) is 82.0 cm³/mol. The van der Waals surface area contributed by atoms with Gasteiger partial charge in [-0.1, -0.05) is 6.07 Å². The lowest BCUT2D eigenvalue weighted by Crippen LogP contribution is -2.54. The van der Waals surface area contributed by atoms with E-state index in [0.29, 0.717) is 18.7 Å². The molecule has 116 valence electrons. The van der Waals surface area contributed by atoms with Crippen LogP contribution in [0.25, 0.3) is 5.65 Å². The van der Waals surface area contributed by atoms with E-state index in [0.717, 1.165) is 0 Å². The first kappa shape index (κ1) is 14.7. The van der Waals surface area contributed by atoms with Gasteiger partial charge >= 0.3 is 0 Å². The maximum absolute atomic E-state index is 12.7. The normalized spacial score (nSPS) is 21.0. The van der Waals surface area contributed by atoms with Crippen LogP contribution in [0.15, 0.2) is 35.4 Å². The standard InChI is InChI=1S/C16H19N3O3/c1-11-9-18(10-16(2,3)22-11)14(20)12-8-17-13-6-4-5-7-19(13)15(12)21/h4-8,11H,9-10H2,1-3H3. The third-order valence-electron chi connectivity index (χ3n) is 3.70. The number of pyridine rings is 1. The molecule has 1 fully saturated rings. The van der Waals surface area contributed by atoms with Gasteiger partial charge in [-0.15, -0.1) is 0 Å². The highest BCUT2D eigenvalue weighted by Gasteiger charge is 2.34. The van der Waals surface area contributed by atoms with Gasteiger partial charge in [-0.3, -0.25) is 14.0 Å². The van der Waals surface area contributed by atoms with Crippen LogP contribution in [0.4, 0.5) is 0 Å². The number of carbonyl (C=O) groups excluding carboxylic acids is 1. The number of hydrogen-bond acceptors (Lipinski definition) is 4. The lowest BCUT2D eigenvalue weighted by atomic mass is 10.0. The van der Waals surface area contributed by atoms with E-state index in [1.807, 2.05) is 20.8 Å². The Balaban J connectivity index is 1.99. The monoisotopic (exact) mass is 301 g/mol. The Kier molecular flexibility index (Phi) is 3.48. The van der Waals surface area contributed by atoms with Crippen molar-refractivity contribution in [1.29, 1.82) is 0 Å². The van der Waals surface area contributed by atoms with Crippen molar-refractivity contribution in [2.75, 3.05) is 13.1 Å². The smallest absolute Gasteiger partial charge is 0.270 e. The zero-order valence-corrected chi connectivity index (χ0v) is 12.9. The molecule has 2 aromatic heterocycles. The van der Waals surface area contributed by atoms with E-state index in [4.69, 9.17) is 4.74 Å². The number of nitrogens with zero attached hydrogens (tertiary/aromatic N) is 3. The Bertz CT molecular complexity index is 782. The summed E-state index contributed by atoms with van der Waals surface area (Å²) in [4.78, 5) is 31.1. The summed E-state index contributed by atoms with van der Waals surface area (Å²) >= 11 is 0. The minimum atomic E-state index is -0.423. The van der Waals surface area contributed by atoms with Gasteiger partial charge in [0.1, 0.15) is 11.2 Å². The molecule has 2 aromatic rings. The van der Waals surface area contributed by atoms with Crippen molar-refractivity contribution >= 4 is 11.6 Å². The molecule has 0 spiro atoms. The summed E-state index contributed by atoms with van der Waals surface area (Å²) in [5.41, 5.74) is -0.144. The van der Waals surface area contributed by atoms with Crippen molar-refractivity contribution < 1.29 is 9.53 Å². The average Bonchev–Trinajstić information content (AvgIpc) is 2.45. The molecule has 1 unspecified atom stereocenters. The molecule has 0 bridgehead atoms. The first-order valence-electron chi connectivity index (χ1n) is 7.31. The maximum Gasteiger partial charge on any atom is 0.270 e. The molecule has 1 amide bonds. The van der Waals surface area contributed by atoms with Gasteiger partial charge in [-0.25, -0.2) is 4.98 Å². The SMILES string of the molecule is CC1CN(C(=O)c2cnc3ccccn3c2=O)CC(C)(C)O1. The average molecular weight is 301 g/mol. The number of hydrogen-bond donors (Lipinski definition) is 0. The van der Waals surface area contributed by atoms with Gasteiger partial charge < -0.3 is 9.64 Å². The number of rotatable bonds is 1. The first-order chi connectivity index (χ1) is 10.4. The Labute approximate surface area is 128 Å². The first-order valence-corrected chi connectivity index (χ1v) is 7.31. The minimum absolute atomic E-state index is 0.0659. The second-order valence-corrected chi connectivity index (χ2v) is 6.28. The van der Waals surface area contributed by atoms with E-state index in [-0.39, 0.29) is 23.1 Å². The second kappa shape index (κ2) is 5.21. The molecule has 22 heavy (non-hydrogen) atoms. The highest BCUT2D eigenvalue weighted by molar-refractivity contribution is 5.94. The predicted octanol–water partition coefficient (Wildman–Crippen LogP) is 1.33. The zero-order chi connectivity index (χ0) is 15.9. The van der Waals surface area contributed by atoms with Crippen molar-refractivity contribution in [2.45, 2.75) is 32.5 Å². The van der Waals surface area contributed by atoms with Crippen LogP contribution in [0.2, 0.25) is 0 Å². The third-order valence-corrected chi connectivity index (χ3v) is 3.70. The topological polar surface area (TPSA) is 63.9 Å². The summed E-state index contributed by atoms with van der Waals surface area (Å²) < 4.78 is 7.19. The fourth-order valence-electron chi connectivity index (χ4n) is 2.95. The van der Waals surface area contributed by atoms with E-state index in [1.54, 1.807) is 29.3 Å². The van der Waals surface area contributed by atoms with Crippen molar-refractivity contribution in [3.05, 3.63) is 46.5 Å². The van der Waals surface area contributed by atoms with Gasteiger partial charge in [0.25, 0.3) is 11.5 Å². The van der Waals surface area contributed by atoms with Crippen LogP contribution in [0.1, 0.15) is 31.1 Å². The molecule has 0 aliphatic carbocycles. The van der Waals surface area contributed by atoms with Gasteiger partial charge in [-0.2, -0.15) is 0 Å². The summed E-state index contributed by atoms with van der Waals surface area (Å²) in [5, 5.41) is 0. The largest absolute Gasteiger partial charge is 0.369 e. The molecule has 6 heteroatoms. The molecule has 0 radical (unpaired) electrons. The minimum Gasteiger partial charge on any atom is -0.369 e. The van der Waals surface area contributed by atoms with Crippen molar-refractivity contribution in [3.63, 3.8) is 0 Å². The van der Waals surface area contributed by atoms with Gasteiger partial charge in [-0.05, 0) is 32.9 Å².